The first-order chi connectivity index (χ1) is 9.77. The molecule has 0 N–H and O–H groups in total. The van der Waals surface area contributed by atoms with Crippen LogP contribution < -0.4 is 4.74 Å². The van der Waals surface area contributed by atoms with E-state index in [1.54, 1.807) is 26.2 Å². The van der Waals surface area contributed by atoms with Crippen molar-refractivity contribution in [3.05, 3.63) is 23.9 Å². The highest BCUT2D eigenvalue weighted by atomic mass is 16.5. The summed E-state index contributed by atoms with van der Waals surface area (Å²) < 4.78 is 20.5. The van der Waals surface area contributed by atoms with Gasteiger partial charge in [-0.3, -0.25) is 0 Å². The van der Waals surface area contributed by atoms with Gasteiger partial charge in [0.2, 0.25) is 5.88 Å². The second-order valence-electron chi connectivity index (χ2n) is 3.91. The Balaban J connectivity index is 2.20. The predicted molar refractivity (Wildman–Crippen MR) is 73.0 cm³/mol. The van der Waals surface area contributed by atoms with Crippen LogP contribution >= 0.6 is 0 Å². The van der Waals surface area contributed by atoms with E-state index in [9.17, 15) is 4.79 Å². The zero-order chi connectivity index (χ0) is 14.6. The van der Waals surface area contributed by atoms with Gasteiger partial charge in [-0.05, 0) is 19.4 Å². The molecule has 0 aliphatic heterocycles. The molecule has 1 rings (SSSR count). The highest BCUT2D eigenvalue weighted by molar-refractivity contribution is 5.89. The van der Waals surface area contributed by atoms with E-state index < -0.39 is 0 Å². The van der Waals surface area contributed by atoms with Gasteiger partial charge in [-0.15, -0.1) is 0 Å². The number of nitrogens with zero attached hydrogens (tertiary/aromatic N) is 1. The molecule has 0 radical (unpaired) electrons. The van der Waals surface area contributed by atoms with Gasteiger partial charge in [-0.2, -0.15) is 0 Å². The molecule has 6 heteroatoms. The molecule has 20 heavy (non-hydrogen) atoms. The third-order valence-corrected chi connectivity index (χ3v) is 2.36. The van der Waals surface area contributed by atoms with Crippen molar-refractivity contribution in [3.8, 4) is 5.88 Å². The summed E-state index contributed by atoms with van der Waals surface area (Å²) in [5, 5.41) is 0. The number of pyridine rings is 1. The van der Waals surface area contributed by atoms with E-state index in [0.717, 1.165) is 6.42 Å². The van der Waals surface area contributed by atoms with Crippen LogP contribution in [-0.2, 0) is 14.2 Å². The van der Waals surface area contributed by atoms with E-state index in [1.165, 1.54) is 6.20 Å². The van der Waals surface area contributed by atoms with E-state index >= 15 is 0 Å². The van der Waals surface area contributed by atoms with Crippen molar-refractivity contribution in [1.82, 2.24) is 4.98 Å². The maximum absolute atomic E-state index is 11.4. The Morgan fingerprint density at radius 3 is 2.70 bits per heavy atom. The Labute approximate surface area is 119 Å². The largest absolute Gasteiger partial charge is 0.475 e. The van der Waals surface area contributed by atoms with E-state index in [-0.39, 0.29) is 5.97 Å². The SMILES string of the molecule is CCOC(=O)c1ccc(OCCOCCCOC)nc1. The van der Waals surface area contributed by atoms with Crippen LogP contribution in [0.1, 0.15) is 23.7 Å². The summed E-state index contributed by atoms with van der Waals surface area (Å²) in [7, 11) is 1.66. The van der Waals surface area contributed by atoms with E-state index in [4.69, 9.17) is 18.9 Å². The van der Waals surface area contributed by atoms with Crippen molar-refractivity contribution in [2.45, 2.75) is 13.3 Å². The number of aromatic nitrogens is 1. The van der Waals surface area contributed by atoms with Gasteiger partial charge >= 0.3 is 5.97 Å². The Morgan fingerprint density at radius 1 is 1.20 bits per heavy atom. The highest BCUT2D eigenvalue weighted by Crippen LogP contribution is 2.08. The van der Waals surface area contributed by atoms with Crippen LogP contribution in [0.5, 0.6) is 5.88 Å². The smallest absolute Gasteiger partial charge is 0.339 e. The minimum Gasteiger partial charge on any atom is -0.475 e. The topological polar surface area (TPSA) is 66.9 Å². The first-order valence-electron chi connectivity index (χ1n) is 6.60. The number of carbonyl (C=O) groups excluding carboxylic acids is 1. The first kappa shape index (κ1) is 16.4. The molecule has 0 aliphatic carbocycles. The lowest BCUT2D eigenvalue weighted by atomic mass is 10.3. The fourth-order valence-electron chi connectivity index (χ4n) is 1.41. The monoisotopic (exact) mass is 283 g/mol. The Hall–Kier alpha value is -1.66. The van der Waals surface area contributed by atoms with Gasteiger partial charge in [0.05, 0.1) is 18.8 Å². The molecule has 0 saturated heterocycles. The normalized spacial score (nSPS) is 10.3. The highest BCUT2D eigenvalue weighted by Gasteiger charge is 2.06. The second kappa shape index (κ2) is 10.2. The van der Waals surface area contributed by atoms with Crippen LogP contribution in [-0.4, -0.2) is 51.1 Å². The van der Waals surface area contributed by atoms with Crippen LogP contribution in [0, 0.1) is 0 Å². The summed E-state index contributed by atoms with van der Waals surface area (Å²) in [5.74, 6) is 0.0755. The van der Waals surface area contributed by atoms with Gasteiger partial charge in [-0.1, -0.05) is 0 Å². The van der Waals surface area contributed by atoms with Crippen molar-refractivity contribution in [1.29, 1.82) is 0 Å². The van der Waals surface area contributed by atoms with Crippen LogP contribution in [0.25, 0.3) is 0 Å². The van der Waals surface area contributed by atoms with Gasteiger partial charge in [-0.25, -0.2) is 9.78 Å². The summed E-state index contributed by atoms with van der Waals surface area (Å²) in [5.41, 5.74) is 0.412. The van der Waals surface area contributed by atoms with Crippen molar-refractivity contribution in [2.75, 3.05) is 40.1 Å². The number of esters is 1. The molecular formula is C14H21NO5. The summed E-state index contributed by atoms with van der Waals surface area (Å²) in [6.45, 7) is 4.35. The lowest BCUT2D eigenvalue weighted by Gasteiger charge is -2.07. The molecule has 0 atom stereocenters. The summed E-state index contributed by atoms with van der Waals surface area (Å²) in [6, 6.07) is 3.26. The average molecular weight is 283 g/mol. The number of carbonyl (C=O) groups is 1. The standard InChI is InChI=1S/C14H21NO5/c1-3-19-14(16)12-5-6-13(15-11-12)20-10-9-18-8-4-7-17-2/h5-6,11H,3-4,7-10H2,1-2H3. The van der Waals surface area contributed by atoms with E-state index in [1.807, 2.05) is 0 Å². The van der Waals surface area contributed by atoms with Crippen molar-refractivity contribution >= 4 is 5.97 Å². The molecule has 1 aromatic heterocycles. The Kier molecular flexibility index (Phi) is 8.33. The lowest BCUT2D eigenvalue weighted by molar-refractivity contribution is 0.0525. The molecule has 0 amide bonds. The zero-order valence-corrected chi connectivity index (χ0v) is 12.0. The number of hydrogen-bond acceptors (Lipinski definition) is 6. The molecule has 6 nitrogen and oxygen atoms in total. The van der Waals surface area contributed by atoms with Gasteiger partial charge < -0.3 is 18.9 Å². The molecular weight excluding hydrogens is 262 g/mol. The van der Waals surface area contributed by atoms with E-state index in [2.05, 4.69) is 4.98 Å². The fourth-order valence-corrected chi connectivity index (χ4v) is 1.41. The summed E-state index contributed by atoms with van der Waals surface area (Å²) in [4.78, 5) is 15.4. The number of methoxy groups -OCH3 is 1. The summed E-state index contributed by atoms with van der Waals surface area (Å²) in [6.07, 6.45) is 2.30. The van der Waals surface area contributed by atoms with Crippen molar-refractivity contribution in [2.24, 2.45) is 0 Å². The molecule has 0 bridgehead atoms. The molecule has 0 aliphatic rings. The Morgan fingerprint density at radius 2 is 2.05 bits per heavy atom. The third-order valence-electron chi connectivity index (χ3n) is 2.36. The van der Waals surface area contributed by atoms with Crippen LogP contribution in [0.3, 0.4) is 0 Å². The molecule has 0 unspecified atom stereocenters. The minimum atomic E-state index is -0.381. The lowest BCUT2D eigenvalue weighted by Crippen LogP contribution is -2.10. The average Bonchev–Trinajstić information content (AvgIpc) is 2.47. The fraction of sp³-hybridized carbons (Fsp3) is 0.571. The predicted octanol–water partition coefficient (Wildman–Crippen LogP) is 1.69. The number of hydrogen-bond donors (Lipinski definition) is 0. The summed E-state index contributed by atoms with van der Waals surface area (Å²) >= 11 is 0. The maximum atomic E-state index is 11.4. The van der Waals surface area contributed by atoms with Crippen molar-refractivity contribution in [3.63, 3.8) is 0 Å². The van der Waals surface area contributed by atoms with Crippen molar-refractivity contribution < 1.29 is 23.7 Å². The number of rotatable bonds is 10. The second-order valence-corrected chi connectivity index (χ2v) is 3.91. The van der Waals surface area contributed by atoms with Gasteiger partial charge in [0.1, 0.15) is 6.61 Å². The number of ether oxygens (including phenoxy) is 4. The first-order valence-corrected chi connectivity index (χ1v) is 6.60. The molecule has 1 heterocycles. The molecule has 0 fully saturated rings. The van der Waals surface area contributed by atoms with Crippen LogP contribution in [0.15, 0.2) is 18.3 Å². The minimum absolute atomic E-state index is 0.345. The van der Waals surface area contributed by atoms with Gasteiger partial charge in [0.25, 0.3) is 0 Å². The third kappa shape index (κ3) is 6.49. The molecule has 112 valence electrons. The quantitative estimate of drug-likeness (QED) is 0.481. The van der Waals surface area contributed by atoms with Gasteiger partial charge in [0.15, 0.2) is 0 Å². The zero-order valence-electron chi connectivity index (χ0n) is 12.0. The van der Waals surface area contributed by atoms with Gasteiger partial charge in [0, 0.05) is 32.6 Å². The molecule has 1 aromatic rings. The van der Waals surface area contributed by atoms with E-state index in [0.29, 0.717) is 44.5 Å². The molecule has 0 saturated carbocycles. The van der Waals surface area contributed by atoms with Crippen LogP contribution in [0.2, 0.25) is 0 Å². The Bertz CT molecular complexity index is 380. The van der Waals surface area contributed by atoms with Crippen LogP contribution in [0.4, 0.5) is 0 Å². The molecule has 0 aromatic carbocycles. The molecule has 0 spiro atoms. The maximum Gasteiger partial charge on any atom is 0.339 e.